The fourth-order valence-corrected chi connectivity index (χ4v) is 3.41. The standard InChI is InChI=1S/C13H17NO3S/c1-17-13-8-5-9-14(10-13)18(15,16)11-12-6-3-2-4-7-12/h2-4,6-7,10H,5,8-9,11H2,1H3. The fraction of sp³-hybridized carbons (Fsp3) is 0.385. The Bertz CT molecular complexity index is 522. The lowest BCUT2D eigenvalue weighted by Gasteiger charge is -2.25. The van der Waals surface area contributed by atoms with Gasteiger partial charge in [-0.05, 0) is 12.0 Å². The normalized spacial score (nSPS) is 16.3. The Kier molecular flexibility index (Phi) is 3.91. The quantitative estimate of drug-likeness (QED) is 0.839. The summed E-state index contributed by atoms with van der Waals surface area (Å²) in [6.45, 7) is 0.530. The molecule has 1 aliphatic rings. The zero-order valence-corrected chi connectivity index (χ0v) is 11.2. The van der Waals surface area contributed by atoms with Crippen LogP contribution in [0.3, 0.4) is 0 Å². The topological polar surface area (TPSA) is 46.6 Å². The third-order valence-corrected chi connectivity index (χ3v) is 4.60. The van der Waals surface area contributed by atoms with Crippen molar-refractivity contribution in [3.8, 4) is 0 Å². The third kappa shape index (κ3) is 3.04. The van der Waals surface area contributed by atoms with E-state index in [0.717, 1.165) is 24.2 Å². The maximum atomic E-state index is 12.2. The van der Waals surface area contributed by atoms with Crippen molar-refractivity contribution in [2.75, 3.05) is 13.7 Å². The van der Waals surface area contributed by atoms with Gasteiger partial charge in [0.25, 0.3) is 0 Å². The molecule has 1 aromatic rings. The van der Waals surface area contributed by atoms with Crippen molar-refractivity contribution in [2.45, 2.75) is 18.6 Å². The summed E-state index contributed by atoms with van der Waals surface area (Å²) in [6.07, 6.45) is 3.20. The number of hydrogen-bond donors (Lipinski definition) is 0. The van der Waals surface area contributed by atoms with Crippen LogP contribution in [0.2, 0.25) is 0 Å². The molecule has 98 valence electrons. The summed E-state index contributed by atoms with van der Waals surface area (Å²) < 4.78 is 31.0. The summed E-state index contributed by atoms with van der Waals surface area (Å²) in [4.78, 5) is 0. The van der Waals surface area contributed by atoms with Crippen molar-refractivity contribution in [3.63, 3.8) is 0 Å². The van der Waals surface area contributed by atoms with E-state index in [4.69, 9.17) is 4.74 Å². The molecule has 0 amide bonds. The van der Waals surface area contributed by atoms with Gasteiger partial charge in [-0.15, -0.1) is 0 Å². The van der Waals surface area contributed by atoms with Crippen LogP contribution >= 0.6 is 0 Å². The van der Waals surface area contributed by atoms with E-state index in [2.05, 4.69) is 0 Å². The molecule has 0 atom stereocenters. The molecule has 1 aromatic carbocycles. The summed E-state index contributed by atoms with van der Waals surface area (Å²) in [5.41, 5.74) is 0.801. The van der Waals surface area contributed by atoms with Gasteiger partial charge < -0.3 is 4.74 Å². The molecule has 0 aliphatic carbocycles. The SMILES string of the molecule is COC1=CN(S(=O)(=O)Cc2ccccc2)CCC1. The molecule has 5 heteroatoms. The van der Waals surface area contributed by atoms with Crippen LogP contribution in [-0.2, 0) is 20.5 Å². The monoisotopic (exact) mass is 267 g/mol. The van der Waals surface area contributed by atoms with Gasteiger partial charge >= 0.3 is 0 Å². The van der Waals surface area contributed by atoms with Gasteiger partial charge in [-0.25, -0.2) is 8.42 Å². The van der Waals surface area contributed by atoms with E-state index in [1.165, 1.54) is 4.31 Å². The van der Waals surface area contributed by atoms with E-state index < -0.39 is 10.0 Å². The van der Waals surface area contributed by atoms with Crippen molar-refractivity contribution in [3.05, 3.63) is 47.9 Å². The lowest BCUT2D eigenvalue weighted by Crippen LogP contribution is -2.31. The van der Waals surface area contributed by atoms with Crippen LogP contribution in [-0.4, -0.2) is 26.4 Å². The van der Waals surface area contributed by atoms with E-state index in [-0.39, 0.29) is 5.75 Å². The van der Waals surface area contributed by atoms with E-state index in [0.29, 0.717) is 6.54 Å². The zero-order valence-electron chi connectivity index (χ0n) is 10.4. The summed E-state index contributed by atoms with van der Waals surface area (Å²) in [5, 5.41) is 0. The van der Waals surface area contributed by atoms with Crippen LogP contribution in [0.5, 0.6) is 0 Å². The first-order valence-corrected chi connectivity index (χ1v) is 7.51. The first-order valence-electron chi connectivity index (χ1n) is 5.90. The lowest BCUT2D eigenvalue weighted by molar-refractivity contribution is 0.253. The largest absolute Gasteiger partial charge is 0.500 e. The molecule has 2 rings (SSSR count). The molecule has 0 bridgehead atoms. The van der Waals surface area contributed by atoms with E-state index in [9.17, 15) is 8.42 Å². The third-order valence-electron chi connectivity index (χ3n) is 2.90. The molecule has 18 heavy (non-hydrogen) atoms. The summed E-state index contributed by atoms with van der Waals surface area (Å²) in [6, 6.07) is 9.21. The fourth-order valence-electron chi connectivity index (χ4n) is 1.94. The second-order valence-electron chi connectivity index (χ2n) is 4.26. The number of rotatable bonds is 4. The van der Waals surface area contributed by atoms with Crippen LogP contribution in [0.15, 0.2) is 42.3 Å². The number of nitrogens with zero attached hydrogens (tertiary/aromatic N) is 1. The lowest BCUT2D eigenvalue weighted by atomic mass is 10.2. The molecule has 0 saturated heterocycles. The molecule has 0 saturated carbocycles. The van der Waals surface area contributed by atoms with Crippen molar-refractivity contribution >= 4 is 10.0 Å². The molecule has 0 spiro atoms. The summed E-state index contributed by atoms with van der Waals surface area (Å²) in [7, 11) is -1.73. The van der Waals surface area contributed by atoms with Crippen molar-refractivity contribution < 1.29 is 13.2 Å². The van der Waals surface area contributed by atoms with Crippen LogP contribution in [0.1, 0.15) is 18.4 Å². The Morgan fingerprint density at radius 2 is 2.00 bits per heavy atom. The molecule has 4 nitrogen and oxygen atoms in total. The average molecular weight is 267 g/mol. The molecule has 0 fully saturated rings. The van der Waals surface area contributed by atoms with E-state index in [1.54, 1.807) is 13.3 Å². The second-order valence-corrected chi connectivity index (χ2v) is 6.18. The van der Waals surface area contributed by atoms with Crippen LogP contribution in [0, 0.1) is 0 Å². The van der Waals surface area contributed by atoms with Crippen molar-refractivity contribution in [1.29, 1.82) is 0 Å². The smallest absolute Gasteiger partial charge is 0.238 e. The van der Waals surface area contributed by atoms with E-state index in [1.807, 2.05) is 30.3 Å². The van der Waals surface area contributed by atoms with E-state index >= 15 is 0 Å². The van der Waals surface area contributed by atoms with Crippen molar-refractivity contribution in [2.24, 2.45) is 0 Å². The summed E-state index contributed by atoms with van der Waals surface area (Å²) >= 11 is 0. The number of ether oxygens (including phenoxy) is 1. The molecule has 0 aromatic heterocycles. The minimum Gasteiger partial charge on any atom is -0.500 e. The molecule has 0 N–H and O–H groups in total. The van der Waals surface area contributed by atoms with Gasteiger partial charge in [-0.1, -0.05) is 30.3 Å². The predicted octanol–water partition coefficient (Wildman–Crippen LogP) is 2.10. The average Bonchev–Trinajstić information content (AvgIpc) is 2.39. The Balaban J connectivity index is 2.16. The molecule has 0 radical (unpaired) electrons. The first-order chi connectivity index (χ1) is 8.62. The van der Waals surface area contributed by atoms with Crippen LogP contribution in [0.4, 0.5) is 0 Å². The second kappa shape index (κ2) is 5.44. The van der Waals surface area contributed by atoms with Gasteiger partial charge in [-0.2, -0.15) is 0 Å². The van der Waals surface area contributed by atoms with Gasteiger partial charge in [0.15, 0.2) is 0 Å². The Morgan fingerprint density at radius 3 is 2.67 bits per heavy atom. The zero-order chi connectivity index (χ0) is 13.0. The highest BCUT2D eigenvalue weighted by atomic mass is 32.2. The highest BCUT2D eigenvalue weighted by molar-refractivity contribution is 7.88. The van der Waals surface area contributed by atoms with Crippen LogP contribution < -0.4 is 0 Å². The maximum Gasteiger partial charge on any atom is 0.238 e. The highest BCUT2D eigenvalue weighted by Crippen LogP contribution is 2.20. The maximum absolute atomic E-state index is 12.2. The molecule has 1 aliphatic heterocycles. The number of hydrogen-bond acceptors (Lipinski definition) is 3. The molecular weight excluding hydrogens is 250 g/mol. The van der Waals surface area contributed by atoms with Gasteiger partial charge in [-0.3, -0.25) is 4.31 Å². The van der Waals surface area contributed by atoms with Gasteiger partial charge in [0, 0.05) is 13.0 Å². The molecule has 0 unspecified atom stereocenters. The Labute approximate surface area is 108 Å². The minimum absolute atomic E-state index is 0.0291. The number of benzene rings is 1. The molecular formula is C13H17NO3S. The Hall–Kier alpha value is -1.49. The molecule has 1 heterocycles. The Morgan fingerprint density at radius 1 is 1.28 bits per heavy atom. The number of methoxy groups -OCH3 is 1. The number of sulfonamides is 1. The van der Waals surface area contributed by atoms with Gasteiger partial charge in [0.05, 0.1) is 19.1 Å². The van der Waals surface area contributed by atoms with Crippen molar-refractivity contribution in [1.82, 2.24) is 4.31 Å². The highest BCUT2D eigenvalue weighted by Gasteiger charge is 2.23. The van der Waals surface area contributed by atoms with Crippen LogP contribution in [0.25, 0.3) is 0 Å². The summed E-state index contributed by atoms with van der Waals surface area (Å²) in [5.74, 6) is 0.749. The number of allylic oxidation sites excluding steroid dienone is 1. The minimum atomic E-state index is -3.30. The predicted molar refractivity (Wildman–Crippen MR) is 70.1 cm³/mol. The van der Waals surface area contributed by atoms with Gasteiger partial charge in [0.1, 0.15) is 5.76 Å². The van der Waals surface area contributed by atoms with Gasteiger partial charge in [0.2, 0.25) is 10.0 Å². The first kappa shape index (κ1) is 13.0.